The molecule has 2 atom stereocenters. The molecule has 20 heavy (non-hydrogen) atoms. The highest BCUT2D eigenvalue weighted by Gasteiger charge is 2.27. The first-order valence-corrected chi connectivity index (χ1v) is 7.52. The van der Waals surface area contributed by atoms with Crippen LogP contribution in [-0.2, 0) is 4.79 Å². The van der Waals surface area contributed by atoms with Crippen molar-refractivity contribution in [3.05, 3.63) is 35.4 Å². The summed E-state index contributed by atoms with van der Waals surface area (Å²) in [5.41, 5.74) is 8.67. The summed E-state index contributed by atoms with van der Waals surface area (Å²) >= 11 is 0. The number of hydrogen-bond acceptors (Lipinski definition) is 3. The van der Waals surface area contributed by atoms with E-state index in [1.54, 1.807) is 0 Å². The molecular weight excluding hydrogens is 250 g/mol. The van der Waals surface area contributed by atoms with Gasteiger partial charge in [0, 0.05) is 38.1 Å². The van der Waals surface area contributed by atoms with Crippen LogP contribution in [0.1, 0.15) is 49.9 Å². The van der Waals surface area contributed by atoms with Crippen molar-refractivity contribution in [2.24, 2.45) is 5.73 Å². The average Bonchev–Trinajstić information content (AvgIpc) is 2.78. The molecule has 1 amide bonds. The number of amides is 1. The van der Waals surface area contributed by atoms with E-state index in [1.807, 2.05) is 30.9 Å². The molecule has 1 aliphatic carbocycles. The van der Waals surface area contributed by atoms with Crippen LogP contribution in [0, 0.1) is 0 Å². The van der Waals surface area contributed by atoms with Gasteiger partial charge in [-0.15, -0.1) is 0 Å². The SMILES string of the molecule is CCN(CC)C(=O)CCNC1CC(N)c2ccccc21. The zero-order valence-corrected chi connectivity index (χ0v) is 12.4. The molecule has 0 saturated heterocycles. The number of nitrogens with two attached hydrogens (primary N) is 1. The van der Waals surface area contributed by atoms with E-state index in [0.717, 1.165) is 19.5 Å². The first-order chi connectivity index (χ1) is 9.67. The monoisotopic (exact) mass is 275 g/mol. The quantitative estimate of drug-likeness (QED) is 0.834. The van der Waals surface area contributed by atoms with Crippen molar-refractivity contribution >= 4 is 5.91 Å². The number of carbonyl (C=O) groups is 1. The molecule has 0 bridgehead atoms. The molecule has 2 rings (SSSR count). The van der Waals surface area contributed by atoms with Gasteiger partial charge in [-0.1, -0.05) is 24.3 Å². The predicted molar refractivity (Wildman–Crippen MR) is 81.3 cm³/mol. The fourth-order valence-electron chi connectivity index (χ4n) is 2.95. The zero-order chi connectivity index (χ0) is 14.5. The van der Waals surface area contributed by atoms with E-state index in [9.17, 15) is 4.79 Å². The molecule has 4 heteroatoms. The van der Waals surface area contributed by atoms with E-state index < -0.39 is 0 Å². The zero-order valence-electron chi connectivity index (χ0n) is 12.4. The molecule has 0 aromatic heterocycles. The normalized spacial score (nSPS) is 20.8. The van der Waals surface area contributed by atoms with Crippen molar-refractivity contribution in [3.63, 3.8) is 0 Å². The lowest BCUT2D eigenvalue weighted by Gasteiger charge is -2.20. The number of nitrogens with one attached hydrogen (secondary N) is 1. The van der Waals surface area contributed by atoms with Crippen molar-refractivity contribution in [1.29, 1.82) is 0 Å². The third kappa shape index (κ3) is 3.19. The van der Waals surface area contributed by atoms with Gasteiger partial charge in [0.15, 0.2) is 0 Å². The van der Waals surface area contributed by atoms with Crippen LogP contribution in [0.15, 0.2) is 24.3 Å². The van der Waals surface area contributed by atoms with Crippen molar-refractivity contribution in [1.82, 2.24) is 10.2 Å². The molecular formula is C16H25N3O. The van der Waals surface area contributed by atoms with Gasteiger partial charge in [-0.2, -0.15) is 0 Å². The van der Waals surface area contributed by atoms with Crippen LogP contribution in [-0.4, -0.2) is 30.4 Å². The van der Waals surface area contributed by atoms with Crippen LogP contribution in [0.4, 0.5) is 0 Å². The number of rotatable bonds is 6. The highest BCUT2D eigenvalue weighted by Crippen LogP contribution is 2.36. The molecule has 3 N–H and O–H groups in total. The van der Waals surface area contributed by atoms with Crippen LogP contribution < -0.4 is 11.1 Å². The molecule has 0 aliphatic heterocycles. The summed E-state index contributed by atoms with van der Waals surface area (Å²) in [6, 6.07) is 8.71. The summed E-state index contributed by atoms with van der Waals surface area (Å²) in [5.74, 6) is 0.220. The van der Waals surface area contributed by atoms with Gasteiger partial charge in [0.2, 0.25) is 5.91 Å². The Morgan fingerprint density at radius 3 is 2.60 bits per heavy atom. The molecule has 0 fully saturated rings. The number of hydrogen-bond donors (Lipinski definition) is 2. The number of carbonyl (C=O) groups excluding carboxylic acids is 1. The van der Waals surface area contributed by atoms with E-state index in [4.69, 9.17) is 5.73 Å². The van der Waals surface area contributed by atoms with Gasteiger partial charge >= 0.3 is 0 Å². The highest BCUT2D eigenvalue weighted by atomic mass is 16.2. The Morgan fingerprint density at radius 2 is 1.95 bits per heavy atom. The van der Waals surface area contributed by atoms with Crippen molar-refractivity contribution in [2.75, 3.05) is 19.6 Å². The van der Waals surface area contributed by atoms with Crippen LogP contribution in [0.2, 0.25) is 0 Å². The first-order valence-electron chi connectivity index (χ1n) is 7.52. The van der Waals surface area contributed by atoms with E-state index in [-0.39, 0.29) is 18.0 Å². The predicted octanol–water partition coefficient (Wildman–Crippen LogP) is 1.98. The topological polar surface area (TPSA) is 58.4 Å². The van der Waals surface area contributed by atoms with E-state index in [1.165, 1.54) is 11.1 Å². The van der Waals surface area contributed by atoms with Crippen LogP contribution in [0.3, 0.4) is 0 Å². The van der Waals surface area contributed by atoms with Crippen molar-refractivity contribution < 1.29 is 4.79 Å². The first kappa shape index (κ1) is 15.0. The maximum atomic E-state index is 12.0. The Kier molecular flexibility index (Phi) is 5.15. The smallest absolute Gasteiger partial charge is 0.223 e. The Balaban J connectivity index is 1.86. The maximum absolute atomic E-state index is 12.0. The molecule has 0 heterocycles. The Hall–Kier alpha value is -1.39. The Labute approximate surface area is 121 Å². The van der Waals surface area contributed by atoms with Crippen molar-refractivity contribution in [3.8, 4) is 0 Å². The molecule has 110 valence electrons. The van der Waals surface area contributed by atoms with Gasteiger partial charge in [-0.3, -0.25) is 4.79 Å². The molecule has 1 aromatic rings. The highest BCUT2D eigenvalue weighted by molar-refractivity contribution is 5.76. The van der Waals surface area contributed by atoms with Gasteiger partial charge in [0.25, 0.3) is 0 Å². The summed E-state index contributed by atoms with van der Waals surface area (Å²) in [5, 5.41) is 3.47. The summed E-state index contributed by atoms with van der Waals surface area (Å²) in [6.07, 6.45) is 1.47. The van der Waals surface area contributed by atoms with Gasteiger partial charge < -0.3 is 16.0 Å². The summed E-state index contributed by atoms with van der Waals surface area (Å²) in [7, 11) is 0. The minimum Gasteiger partial charge on any atom is -0.343 e. The maximum Gasteiger partial charge on any atom is 0.223 e. The van der Waals surface area contributed by atoms with Crippen LogP contribution in [0.5, 0.6) is 0 Å². The van der Waals surface area contributed by atoms with Crippen LogP contribution in [0.25, 0.3) is 0 Å². The lowest BCUT2D eigenvalue weighted by Crippen LogP contribution is -2.33. The minimum atomic E-state index is 0.113. The summed E-state index contributed by atoms with van der Waals surface area (Å²) < 4.78 is 0. The average molecular weight is 275 g/mol. The van der Waals surface area contributed by atoms with Gasteiger partial charge in [0.05, 0.1) is 0 Å². The standard InChI is InChI=1S/C16H25N3O/c1-3-19(4-2)16(20)9-10-18-15-11-14(17)12-7-5-6-8-13(12)15/h5-8,14-15,18H,3-4,9-11,17H2,1-2H3. The second-order valence-electron chi connectivity index (χ2n) is 5.29. The fraction of sp³-hybridized carbons (Fsp3) is 0.562. The van der Waals surface area contributed by atoms with Gasteiger partial charge in [-0.05, 0) is 31.4 Å². The van der Waals surface area contributed by atoms with Gasteiger partial charge in [0.1, 0.15) is 0 Å². The number of fused-ring (bicyclic) bond motifs is 1. The van der Waals surface area contributed by atoms with E-state index in [0.29, 0.717) is 13.0 Å². The number of nitrogens with zero attached hydrogens (tertiary/aromatic N) is 1. The molecule has 1 aromatic carbocycles. The number of benzene rings is 1. The molecule has 0 radical (unpaired) electrons. The van der Waals surface area contributed by atoms with E-state index >= 15 is 0 Å². The lowest BCUT2D eigenvalue weighted by molar-refractivity contribution is -0.130. The summed E-state index contributed by atoms with van der Waals surface area (Å²) in [4.78, 5) is 13.8. The molecule has 0 spiro atoms. The lowest BCUT2D eigenvalue weighted by atomic mass is 10.1. The third-order valence-electron chi connectivity index (χ3n) is 4.11. The van der Waals surface area contributed by atoms with Crippen LogP contribution >= 0.6 is 0 Å². The fourth-order valence-corrected chi connectivity index (χ4v) is 2.95. The minimum absolute atomic E-state index is 0.113. The summed E-state index contributed by atoms with van der Waals surface area (Å²) in [6.45, 7) is 6.31. The van der Waals surface area contributed by atoms with Crippen molar-refractivity contribution in [2.45, 2.75) is 38.8 Å². The molecule has 2 unspecified atom stereocenters. The van der Waals surface area contributed by atoms with E-state index in [2.05, 4.69) is 17.4 Å². The second-order valence-corrected chi connectivity index (χ2v) is 5.29. The van der Waals surface area contributed by atoms with Gasteiger partial charge in [-0.25, -0.2) is 0 Å². The Bertz CT molecular complexity index is 457. The second kappa shape index (κ2) is 6.86. The third-order valence-corrected chi connectivity index (χ3v) is 4.11. The largest absolute Gasteiger partial charge is 0.343 e. The molecule has 1 aliphatic rings. The Morgan fingerprint density at radius 1 is 1.30 bits per heavy atom. The molecule has 0 saturated carbocycles. The molecule has 4 nitrogen and oxygen atoms in total.